The van der Waals surface area contributed by atoms with Gasteiger partial charge in [0.15, 0.2) is 0 Å². The molecule has 0 unspecified atom stereocenters. The predicted octanol–water partition coefficient (Wildman–Crippen LogP) is 3.22. The van der Waals surface area contributed by atoms with Gasteiger partial charge in [0.05, 0.1) is 24.3 Å². The molecule has 0 amide bonds. The third-order valence-electron chi connectivity index (χ3n) is 5.41. The molecule has 0 bridgehead atoms. The normalized spacial score (nSPS) is 15.5. The summed E-state index contributed by atoms with van der Waals surface area (Å²) >= 11 is 3.47. The van der Waals surface area contributed by atoms with Crippen LogP contribution >= 0.6 is 15.9 Å². The molecule has 1 fully saturated rings. The number of benzene rings is 2. The molecule has 0 aromatic heterocycles. The fourth-order valence-corrected chi connectivity index (χ4v) is 3.95. The number of rotatable bonds is 7. The van der Waals surface area contributed by atoms with Gasteiger partial charge >= 0.3 is 5.97 Å². The Balaban J connectivity index is 1.46. The zero-order valence-corrected chi connectivity index (χ0v) is 18.6. The Bertz CT molecular complexity index is 903. The lowest BCUT2D eigenvalue weighted by Crippen LogP contribution is -2.48. The van der Waals surface area contributed by atoms with Gasteiger partial charge in [-0.1, -0.05) is 22.0 Å². The second kappa shape index (κ2) is 10.6. The Morgan fingerprint density at radius 2 is 1.90 bits per heavy atom. The first kappa shape index (κ1) is 22.3. The zero-order valence-electron chi connectivity index (χ0n) is 17.1. The number of anilines is 1. The van der Waals surface area contributed by atoms with Gasteiger partial charge in [-0.3, -0.25) is 4.90 Å². The first-order valence-corrected chi connectivity index (χ1v) is 10.8. The fraction of sp³-hybridized carbons (Fsp3) is 0.391. The van der Waals surface area contributed by atoms with Gasteiger partial charge in [-0.25, -0.2) is 4.79 Å². The van der Waals surface area contributed by atoms with E-state index in [1.165, 1.54) is 12.8 Å². The maximum Gasteiger partial charge on any atom is 0.339 e. The minimum Gasteiger partial charge on any atom is -0.465 e. The highest BCUT2D eigenvalue weighted by molar-refractivity contribution is 9.10. The van der Waals surface area contributed by atoms with Gasteiger partial charge in [0.2, 0.25) is 0 Å². The lowest BCUT2D eigenvalue weighted by Gasteiger charge is -2.37. The first-order valence-electron chi connectivity index (χ1n) is 10.0. The minimum atomic E-state index is -0.514. The number of β-amino-alcohol motifs (C(OH)–C–C–N with tert-alkyl or cyclic N) is 1. The molecule has 7 heteroatoms. The molecule has 1 saturated heterocycles. The van der Waals surface area contributed by atoms with Crippen LogP contribution in [0.25, 0.3) is 0 Å². The summed E-state index contributed by atoms with van der Waals surface area (Å²) in [5.41, 5.74) is 2.73. The monoisotopic (exact) mass is 471 g/mol. The number of halogens is 1. The SMILES string of the molecule is COC(=O)c1ccc(CC[C@H](O)CN2CCN(c3ccc(Br)cc3)CC2)cc1C#N. The van der Waals surface area contributed by atoms with E-state index in [-0.39, 0.29) is 5.56 Å². The number of aliphatic hydroxyl groups is 1. The molecule has 1 atom stereocenters. The standard InChI is InChI=1S/C23H26BrN3O3/c1-30-23(29)22-9-3-17(14-18(22)15-25)2-8-21(28)16-26-10-12-27(13-11-26)20-6-4-19(24)5-7-20/h3-7,9,14,21,28H,2,8,10-13,16H2,1H3/t21-/m0/s1. The van der Waals surface area contributed by atoms with Crippen molar-refractivity contribution in [3.8, 4) is 6.07 Å². The van der Waals surface area contributed by atoms with Crippen LogP contribution in [-0.4, -0.2) is 61.9 Å². The third kappa shape index (κ3) is 5.82. The number of piperazine rings is 1. The molecule has 0 aliphatic carbocycles. The van der Waals surface area contributed by atoms with Crippen LogP contribution in [0, 0.1) is 11.3 Å². The Morgan fingerprint density at radius 1 is 1.20 bits per heavy atom. The molecule has 2 aromatic rings. The lowest BCUT2D eigenvalue weighted by molar-refractivity contribution is 0.0600. The number of hydrogen-bond acceptors (Lipinski definition) is 6. The highest BCUT2D eigenvalue weighted by atomic mass is 79.9. The number of esters is 1. The number of carbonyl (C=O) groups is 1. The van der Waals surface area contributed by atoms with E-state index < -0.39 is 12.1 Å². The molecule has 0 spiro atoms. The number of hydrogen-bond donors (Lipinski definition) is 1. The molecule has 1 aliphatic heterocycles. The summed E-state index contributed by atoms with van der Waals surface area (Å²) in [6, 6.07) is 15.5. The molecule has 158 valence electrons. The topological polar surface area (TPSA) is 76.8 Å². The highest BCUT2D eigenvalue weighted by Crippen LogP contribution is 2.20. The smallest absolute Gasteiger partial charge is 0.339 e. The average molecular weight is 472 g/mol. The third-order valence-corrected chi connectivity index (χ3v) is 5.94. The van der Waals surface area contributed by atoms with Crippen molar-refractivity contribution in [3.63, 3.8) is 0 Å². The number of aliphatic hydroxyl groups excluding tert-OH is 1. The molecule has 30 heavy (non-hydrogen) atoms. The molecule has 1 aliphatic rings. The fourth-order valence-electron chi connectivity index (χ4n) is 3.69. The van der Waals surface area contributed by atoms with Crippen molar-refractivity contribution in [2.45, 2.75) is 18.9 Å². The molecule has 0 saturated carbocycles. The van der Waals surface area contributed by atoms with Crippen molar-refractivity contribution < 1.29 is 14.6 Å². The number of ether oxygens (including phenoxy) is 1. The van der Waals surface area contributed by atoms with Gasteiger partial charge in [0.25, 0.3) is 0 Å². The Morgan fingerprint density at radius 3 is 2.53 bits per heavy atom. The number of carbonyl (C=O) groups excluding carboxylic acids is 1. The summed E-state index contributed by atoms with van der Waals surface area (Å²) in [7, 11) is 1.30. The first-order chi connectivity index (χ1) is 14.5. The van der Waals surface area contributed by atoms with Gasteiger partial charge in [-0.2, -0.15) is 5.26 Å². The van der Waals surface area contributed by atoms with Crippen LogP contribution in [0.2, 0.25) is 0 Å². The Hall–Kier alpha value is -2.40. The van der Waals surface area contributed by atoms with Crippen LogP contribution in [0.1, 0.15) is 27.9 Å². The maximum atomic E-state index is 11.7. The minimum absolute atomic E-state index is 0.271. The van der Waals surface area contributed by atoms with Gasteiger partial charge in [-0.05, 0) is 54.8 Å². The Kier molecular flexibility index (Phi) is 7.86. The number of nitriles is 1. The molecular weight excluding hydrogens is 446 g/mol. The molecular formula is C23H26BrN3O3. The second-order valence-electron chi connectivity index (χ2n) is 7.44. The molecule has 3 rings (SSSR count). The lowest BCUT2D eigenvalue weighted by atomic mass is 10.0. The summed E-state index contributed by atoms with van der Waals surface area (Å²) in [6.07, 6.45) is 0.820. The maximum absolute atomic E-state index is 11.7. The highest BCUT2D eigenvalue weighted by Gasteiger charge is 2.20. The van der Waals surface area contributed by atoms with Gasteiger partial charge in [0.1, 0.15) is 6.07 Å². The summed E-state index contributed by atoms with van der Waals surface area (Å²) in [4.78, 5) is 16.4. The van der Waals surface area contributed by atoms with Crippen molar-refractivity contribution >= 4 is 27.6 Å². The molecule has 0 radical (unpaired) electrons. The van der Waals surface area contributed by atoms with Crippen LogP contribution in [0.5, 0.6) is 0 Å². The van der Waals surface area contributed by atoms with Gasteiger partial charge in [0, 0.05) is 42.9 Å². The largest absolute Gasteiger partial charge is 0.465 e. The van der Waals surface area contributed by atoms with E-state index in [9.17, 15) is 15.2 Å². The van der Waals surface area contributed by atoms with Crippen molar-refractivity contribution in [2.24, 2.45) is 0 Å². The van der Waals surface area contributed by atoms with Crippen molar-refractivity contribution in [3.05, 3.63) is 63.6 Å². The van der Waals surface area contributed by atoms with Gasteiger partial charge in [-0.15, -0.1) is 0 Å². The van der Waals surface area contributed by atoms with Crippen molar-refractivity contribution in [1.29, 1.82) is 5.26 Å². The van der Waals surface area contributed by atoms with Crippen molar-refractivity contribution in [2.75, 3.05) is 44.7 Å². The average Bonchev–Trinajstić information content (AvgIpc) is 2.78. The molecule has 1 heterocycles. The van der Waals surface area contributed by atoms with E-state index in [0.29, 0.717) is 24.9 Å². The van der Waals surface area contributed by atoms with E-state index in [0.717, 1.165) is 36.2 Å². The summed E-state index contributed by atoms with van der Waals surface area (Å²) in [6.45, 7) is 4.35. The summed E-state index contributed by atoms with van der Waals surface area (Å²) < 4.78 is 5.78. The van der Waals surface area contributed by atoms with E-state index >= 15 is 0 Å². The van der Waals surface area contributed by atoms with E-state index in [1.807, 2.05) is 12.1 Å². The zero-order chi connectivity index (χ0) is 21.5. The quantitative estimate of drug-likeness (QED) is 0.624. The van der Waals surface area contributed by atoms with Crippen LogP contribution in [0.15, 0.2) is 46.9 Å². The van der Waals surface area contributed by atoms with E-state index in [4.69, 9.17) is 4.74 Å². The van der Waals surface area contributed by atoms with Crippen LogP contribution in [-0.2, 0) is 11.2 Å². The summed E-state index contributed by atoms with van der Waals surface area (Å²) in [5.74, 6) is -0.514. The van der Waals surface area contributed by atoms with Crippen LogP contribution in [0.4, 0.5) is 5.69 Å². The number of nitrogens with zero attached hydrogens (tertiary/aromatic N) is 3. The molecule has 2 aromatic carbocycles. The van der Waals surface area contributed by atoms with Crippen LogP contribution < -0.4 is 4.90 Å². The van der Waals surface area contributed by atoms with Crippen molar-refractivity contribution in [1.82, 2.24) is 4.90 Å². The summed E-state index contributed by atoms with van der Waals surface area (Å²) in [5, 5.41) is 19.8. The second-order valence-corrected chi connectivity index (χ2v) is 8.36. The molecule has 1 N–H and O–H groups in total. The number of methoxy groups -OCH3 is 1. The van der Waals surface area contributed by atoms with E-state index in [1.54, 1.807) is 12.1 Å². The number of aryl methyl sites for hydroxylation is 1. The molecule has 6 nitrogen and oxygen atoms in total. The Labute approximate surface area is 185 Å². The predicted molar refractivity (Wildman–Crippen MR) is 120 cm³/mol. The van der Waals surface area contributed by atoms with Gasteiger partial charge < -0.3 is 14.7 Å². The van der Waals surface area contributed by atoms with Crippen LogP contribution in [0.3, 0.4) is 0 Å². The van der Waals surface area contributed by atoms with E-state index in [2.05, 4.69) is 50.0 Å².